The topological polar surface area (TPSA) is 0 Å². The number of halogens is 3. The molecule has 3 heteroatoms. The van der Waals surface area contributed by atoms with Crippen molar-refractivity contribution in [3.8, 4) is 11.1 Å². The Kier molecular flexibility index (Phi) is 3.98. The first-order valence-electron chi connectivity index (χ1n) is 7.88. The molecule has 0 bridgehead atoms. The Morgan fingerprint density at radius 3 is 2.18 bits per heavy atom. The van der Waals surface area contributed by atoms with Crippen molar-refractivity contribution >= 4 is 0 Å². The molecule has 0 atom stereocenters. The highest BCUT2D eigenvalue weighted by Crippen LogP contribution is 2.42. The predicted octanol–water partition coefficient (Wildman–Crippen LogP) is 5.58. The molecular formula is C19H19F3. The lowest BCUT2D eigenvalue weighted by Crippen LogP contribution is -1.99. The smallest absolute Gasteiger partial charge is 0.167 e. The molecule has 22 heavy (non-hydrogen) atoms. The molecule has 0 fully saturated rings. The van der Waals surface area contributed by atoms with Gasteiger partial charge in [0.1, 0.15) is 5.82 Å². The van der Waals surface area contributed by atoms with Crippen LogP contribution in [0.4, 0.5) is 13.2 Å². The second kappa shape index (κ2) is 5.79. The van der Waals surface area contributed by atoms with Gasteiger partial charge in [0, 0.05) is 11.1 Å². The zero-order chi connectivity index (χ0) is 15.9. The van der Waals surface area contributed by atoms with Crippen molar-refractivity contribution in [1.82, 2.24) is 0 Å². The Bertz CT molecular complexity index is 732. The van der Waals surface area contributed by atoms with E-state index in [1.165, 1.54) is 6.07 Å². The second-order valence-electron chi connectivity index (χ2n) is 5.99. The van der Waals surface area contributed by atoms with E-state index in [9.17, 15) is 13.2 Å². The summed E-state index contributed by atoms with van der Waals surface area (Å²) < 4.78 is 43.0. The molecule has 0 amide bonds. The van der Waals surface area contributed by atoms with Gasteiger partial charge in [0.05, 0.1) is 0 Å². The summed E-state index contributed by atoms with van der Waals surface area (Å²) in [6, 6.07) is 5.09. The molecule has 2 aromatic carbocycles. The SMILES string of the molecule is CCCc1cc(F)c2c(c1)Cc1cc(CCC)c(F)c(F)c1-2. The van der Waals surface area contributed by atoms with Crippen molar-refractivity contribution in [3.63, 3.8) is 0 Å². The quantitative estimate of drug-likeness (QED) is 0.590. The first-order chi connectivity index (χ1) is 10.6. The minimum Gasteiger partial charge on any atom is -0.206 e. The molecule has 2 aromatic rings. The van der Waals surface area contributed by atoms with Crippen LogP contribution in [0, 0.1) is 17.5 Å². The fourth-order valence-electron chi connectivity index (χ4n) is 3.38. The Hall–Kier alpha value is -1.77. The Labute approximate surface area is 129 Å². The molecule has 0 nitrogen and oxygen atoms in total. The monoisotopic (exact) mass is 304 g/mol. The van der Waals surface area contributed by atoms with Crippen LogP contribution >= 0.6 is 0 Å². The molecule has 0 saturated heterocycles. The molecule has 0 N–H and O–H groups in total. The van der Waals surface area contributed by atoms with E-state index in [1.807, 2.05) is 19.9 Å². The van der Waals surface area contributed by atoms with Gasteiger partial charge in [-0.2, -0.15) is 0 Å². The fourth-order valence-corrected chi connectivity index (χ4v) is 3.38. The van der Waals surface area contributed by atoms with Crippen LogP contribution in [0.5, 0.6) is 0 Å². The third kappa shape index (κ3) is 2.33. The number of aryl methyl sites for hydroxylation is 2. The second-order valence-corrected chi connectivity index (χ2v) is 5.99. The van der Waals surface area contributed by atoms with Gasteiger partial charge in [-0.3, -0.25) is 0 Å². The van der Waals surface area contributed by atoms with Gasteiger partial charge in [0.2, 0.25) is 0 Å². The van der Waals surface area contributed by atoms with Gasteiger partial charge in [-0.25, -0.2) is 13.2 Å². The molecule has 0 aromatic heterocycles. The first kappa shape index (κ1) is 15.1. The van der Waals surface area contributed by atoms with Gasteiger partial charge in [-0.15, -0.1) is 0 Å². The zero-order valence-corrected chi connectivity index (χ0v) is 12.9. The summed E-state index contributed by atoms with van der Waals surface area (Å²) in [5.74, 6) is -2.17. The van der Waals surface area contributed by atoms with E-state index in [2.05, 4.69) is 0 Å². The van der Waals surface area contributed by atoms with Gasteiger partial charge in [-0.05, 0) is 47.6 Å². The van der Waals surface area contributed by atoms with E-state index in [0.717, 1.165) is 30.4 Å². The summed E-state index contributed by atoms with van der Waals surface area (Å²) in [4.78, 5) is 0. The van der Waals surface area contributed by atoms with Crippen LogP contribution in [-0.2, 0) is 19.3 Å². The largest absolute Gasteiger partial charge is 0.206 e. The van der Waals surface area contributed by atoms with Crippen LogP contribution in [-0.4, -0.2) is 0 Å². The van der Waals surface area contributed by atoms with Gasteiger partial charge >= 0.3 is 0 Å². The standard InChI is InChI=1S/C19H19F3/c1-3-5-11-7-13-10-14-9-12(6-4-2)18(21)19(22)17(14)16(13)15(20)8-11/h7-9H,3-6,10H2,1-2H3. The number of fused-ring (bicyclic) bond motifs is 3. The summed E-state index contributed by atoms with van der Waals surface area (Å²) in [6.07, 6.45) is 3.44. The normalized spacial score (nSPS) is 12.4. The Morgan fingerprint density at radius 1 is 0.818 bits per heavy atom. The van der Waals surface area contributed by atoms with E-state index in [0.29, 0.717) is 24.0 Å². The molecule has 3 rings (SSSR count). The van der Waals surface area contributed by atoms with Crippen LogP contribution in [0.2, 0.25) is 0 Å². The van der Waals surface area contributed by atoms with Crippen LogP contribution < -0.4 is 0 Å². The number of benzene rings is 2. The minimum absolute atomic E-state index is 0.118. The van der Waals surface area contributed by atoms with Crippen LogP contribution in [0.1, 0.15) is 48.9 Å². The molecule has 116 valence electrons. The molecule has 0 unspecified atom stereocenters. The molecular weight excluding hydrogens is 285 g/mol. The van der Waals surface area contributed by atoms with Crippen LogP contribution in [0.25, 0.3) is 11.1 Å². The Balaban J connectivity index is 2.16. The van der Waals surface area contributed by atoms with Gasteiger partial charge < -0.3 is 0 Å². The Morgan fingerprint density at radius 2 is 1.50 bits per heavy atom. The molecule has 0 spiro atoms. The first-order valence-corrected chi connectivity index (χ1v) is 7.88. The molecule has 0 heterocycles. The van der Waals surface area contributed by atoms with Crippen molar-refractivity contribution < 1.29 is 13.2 Å². The highest BCUT2D eigenvalue weighted by atomic mass is 19.2. The molecule has 0 saturated carbocycles. The predicted molar refractivity (Wildman–Crippen MR) is 82.5 cm³/mol. The zero-order valence-electron chi connectivity index (χ0n) is 12.9. The maximum absolute atomic E-state index is 14.5. The lowest BCUT2D eigenvalue weighted by molar-refractivity contribution is 0.499. The van der Waals surface area contributed by atoms with E-state index in [1.54, 1.807) is 6.07 Å². The summed E-state index contributed by atoms with van der Waals surface area (Å²) in [5, 5.41) is 0. The third-order valence-electron chi connectivity index (χ3n) is 4.28. The molecule has 0 aliphatic heterocycles. The third-order valence-corrected chi connectivity index (χ3v) is 4.28. The van der Waals surface area contributed by atoms with Gasteiger partial charge in [0.25, 0.3) is 0 Å². The van der Waals surface area contributed by atoms with E-state index >= 15 is 0 Å². The lowest BCUT2D eigenvalue weighted by atomic mass is 9.98. The summed E-state index contributed by atoms with van der Waals surface area (Å²) >= 11 is 0. The minimum atomic E-state index is -0.901. The average molecular weight is 304 g/mol. The number of hydrogen-bond acceptors (Lipinski definition) is 0. The van der Waals surface area contributed by atoms with Crippen molar-refractivity contribution in [3.05, 3.63) is 57.9 Å². The maximum atomic E-state index is 14.5. The number of rotatable bonds is 4. The number of hydrogen-bond donors (Lipinski definition) is 0. The van der Waals surface area contributed by atoms with E-state index in [-0.39, 0.29) is 11.1 Å². The fraction of sp³-hybridized carbons (Fsp3) is 0.368. The van der Waals surface area contributed by atoms with Crippen molar-refractivity contribution in [2.45, 2.75) is 46.0 Å². The van der Waals surface area contributed by atoms with Gasteiger partial charge in [-0.1, -0.05) is 38.8 Å². The highest BCUT2D eigenvalue weighted by Gasteiger charge is 2.29. The van der Waals surface area contributed by atoms with Crippen molar-refractivity contribution in [1.29, 1.82) is 0 Å². The highest BCUT2D eigenvalue weighted by molar-refractivity contribution is 5.78. The van der Waals surface area contributed by atoms with Crippen LogP contribution in [0.15, 0.2) is 18.2 Å². The van der Waals surface area contributed by atoms with Crippen molar-refractivity contribution in [2.75, 3.05) is 0 Å². The van der Waals surface area contributed by atoms with E-state index < -0.39 is 17.5 Å². The summed E-state index contributed by atoms with van der Waals surface area (Å²) in [6.45, 7) is 3.96. The average Bonchev–Trinajstić information content (AvgIpc) is 2.84. The maximum Gasteiger partial charge on any atom is 0.167 e. The van der Waals surface area contributed by atoms with E-state index in [4.69, 9.17) is 0 Å². The molecule has 1 aliphatic rings. The summed E-state index contributed by atoms with van der Waals surface area (Å²) in [7, 11) is 0. The summed E-state index contributed by atoms with van der Waals surface area (Å²) in [5.41, 5.74) is 3.14. The van der Waals surface area contributed by atoms with Gasteiger partial charge in [0.15, 0.2) is 11.6 Å². The van der Waals surface area contributed by atoms with Crippen LogP contribution in [0.3, 0.4) is 0 Å². The molecule has 1 aliphatic carbocycles. The molecule has 0 radical (unpaired) electrons. The van der Waals surface area contributed by atoms with Crippen molar-refractivity contribution in [2.24, 2.45) is 0 Å². The lowest BCUT2D eigenvalue weighted by Gasteiger charge is -2.10.